The number of nitrogens with one attached hydrogen (secondary N) is 1. The van der Waals surface area contributed by atoms with Crippen LogP contribution in [-0.2, 0) is 4.74 Å². The third-order valence-electron chi connectivity index (χ3n) is 6.48. The Morgan fingerprint density at radius 2 is 1.33 bits per heavy atom. The van der Waals surface area contributed by atoms with E-state index in [1.54, 1.807) is 0 Å². The molecule has 3 aliphatic rings. The maximum Gasteiger partial charge on any atom is 0.364 e. The van der Waals surface area contributed by atoms with Gasteiger partial charge in [0.05, 0.1) is 6.10 Å². The summed E-state index contributed by atoms with van der Waals surface area (Å²) in [6, 6.07) is -0.109. The van der Waals surface area contributed by atoms with Crippen LogP contribution in [0.25, 0.3) is 0 Å². The van der Waals surface area contributed by atoms with Crippen molar-refractivity contribution in [3.05, 3.63) is 0 Å². The van der Waals surface area contributed by atoms with Gasteiger partial charge in [-0.3, -0.25) is 0 Å². The molecule has 0 amide bonds. The predicted octanol–water partition coefficient (Wildman–Crippen LogP) is 5.89. The minimum absolute atomic E-state index is 0.109. The topological polar surface area (TPSA) is 21.3 Å². The Hall–Kier alpha value is -0.570. The van der Waals surface area contributed by atoms with E-state index in [-0.39, 0.29) is 18.9 Å². The van der Waals surface area contributed by atoms with E-state index in [2.05, 4.69) is 17.0 Å². The molecule has 9 heteroatoms. The van der Waals surface area contributed by atoms with E-state index < -0.39 is 67.7 Å². The standard InChI is InChI=1S/C19H28F7NO.C2H6/c1-9-2-3-16(27-8-9)10-4-12(20)17(13(21)5-10)19(25,26)28-11-6-14(22)18(24)15(23)7-11;1-2/h9-18,27H,2-8H2,1H3;1-2H3. The van der Waals surface area contributed by atoms with Crippen LogP contribution in [-0.4, -0.2) is 55.7 Å². The van der Waals surface area contributed by atoms with Gasteiger partial charge >= 0.3 is 6.11 Å². The highest BCUT2D eigenvalue weighted by Crippen LogP contribution is 2.46. The Bertz CT molecular complexity index is 494. The summed E-state index contributed by atoms with van der Waals surface area (Å²) < 4.78 is 103. The van der Waals surface area contributed by atoms with Crippen molar-refractivity contribution in [2.45, 2.75) is 108 Å². The molecule has 0 aromatic rings. The second-order valence-corrected chi connectivity index (χ2v) is 8.74. The molecule has 3 rings (SSSR count). The normalized spacial score (nSPS) is 45.4. The Morgan fingerprint density at radius 1 is 0.800 bits per heavy atom. The maximum atomic E-state index is 14.6. The molecule has 0 spiro atoms. The maximum absolute atomic E-state index is 14.6. The van der Waals surface area contributed by atoms with Crippen LogP contribution >= 0.6 is 0 Å². The van der Waals surface area contributed by atoms with Gasteiger partial charge in [-0.15, -0.1) is 0 Å². The Morgan fingerprint density at radius 3 is 1.80 bits per heavy atom. The van der Waals surface area contributed by atoms with Crippen LogP contribution in [0.1, 0.15) is 59.3 Å². The molecule has 6 atom stereocenters. The lowest BCUT2D eigenvalue weighted by atomic mass is 9.73. The van der Waals surface area contributed by atoms with Crippen molar-refractivity contribution in [2.75, 3.05) is 6.54 Å². The number of alkyl halides is 7. The summed E-state index contributed by atoms with van der Waals surface area (Å²) in [5.41, 5.74) is 0. The minimum Gasteiger partial charge on any atom is -0.317 e. The fraction of sp³-hybridized carbons (Fsp3) is 1.00. The van der Waals surface area contributed by atoms with Crippen molar-refractivity contribution in [2.24, 2.45) is 17.8 Å². The van der Waals surface area contributed by atoms with E-state index >= 15 is 0 Å². The molecular formula is C21H34F7NO. The fourth-order valence-electron chi connectivity index (χ4n) is 4.85. The summed E-state index contributed by atoms with van der Waals surface area (Å²) in [5, 5.41) is 3.24. The van der Waals surface area contributed by atoms with Crippen molar-refractivity contribution < 1.29 is 35.5 Å². The van der Waals surface area contributed by atoms with E-state index in [0.29, 0.717) is 5.92 Å². The van der Waals surface area contributed by atoms with Crippen molar-refractivity contribution in [3.63, 3.8) is 0 Å². The molecule has 2 aliphatic carbocycles. The van der Waals surface area contributed by atoms with Crippen molar-refractivity contribution in [3.8, 4) is 0 Å². The van der Waals surface area contributed by atoms with E-state index in [4.69, 9.17) is 0 Å². The molecular weight excluding hydrogens is 415 g/mol. The zero-order valence-electron chi connectivity index (χ0n) is 17.8. The van der Waals surface area contributed by atoms with Crippen LogP contribution in [0.2, 0.25) is 0 Å². The number of halogens is 7. The first kappa shape index (κ1) is 25.7. The number of hydrogen-bond donors (Lipinski definition) is 1. The first-order valence-corrected chi connectivity index (χ1v) is 11.1. The van der Waals surface area contributed by atoms with Gasteiger partial charge in [0, 0.05) is 18.9 Å². The first-order chi connectivity index (χ1) is 14.1. The van der Waals surface area contributed by atoms with Gasteiger partial charge in [-0.1, -0.05) is 20.8 Å². The van der Waals surface area contributed by atoms with E-state index in [9.17, 15) is 30.7 Å². The summed E-state index contributed by atoms with van der Waals surface area (Å²) in [7, 11) is 0. The number of ether oxygens (including phenoxy) is 1. The zero-order valence-corrected chi connectivity index (χ0v) is 17.8. The number of hydrogen-bond acceptors (Lipinski definition) is 2. The lowest BCUT2D eigenvalue weighted by Gasteiger charge is -2.43. The lowest BCUT2D eigenvalue weighted by Crippen LogP contribution is -2.54. The number of rotatable bonds is 4. The van der Waals surface area contributed by atoms with Crippen LogP contribution in [0, 0.1) is 17.8 Å². The summed E-state index contributed by atoms with van der Waals surface area (Å²) in [5.74, 6) is -2.26. The molecule has 1 aliphatic heterocycles. The van der Waals surface area contributed by atoms with Gasteiger partial charge in [-0.05, 0) is 44.1 Å². The van der Waals surface area contributed by atoms with Crippen molar-refractivity contribution in [1.29, 1.82) is 0 Å². The third kappa shape index (κ3) is 6.02. The SMILES string of the molecule is CC.CC1CCC(C2CC(F)C(C(F)(F)OC3CC(F)C(F)C(F)C3)C(F)C2)NC1. The average molecular weight is 449 g/mol. The molecule has 178 valence electrons. The van der Waals surface area contributed by atoms with E-state index in [0.717, 1.165) is 19.4 Å². The molecule has 0 aromatic heterocycles. The minimum atomic E-state index is -4.22. The molecule has 1 heterocycles. The van der Waals surface area contributed by atoms with Gasteiger partial charge in [0.1, 0.15) is 30.6 Å². The highest BCUT2D eigenvalue weighted by Gasteiger charge is 2.56. The van der Waals surface area contributed by atoms with Crippen molar-refractivity contribution >= 4 is 0 Å². The van der Waals surface area contributed by atoms with Crippen LogP contribution in [0.15, 0.2) is 0 Å². The summed E-state index contributed by atoms with van der Waals surface area (Å²) in [4.78, 5) is 0. The van der Waals surface area contributed by atoms with E-state index in [1.807, 2.05) is 13.8 Å². The van der Waals surface area contributed by atoms with Gasteiger partial charge in [0.25, 0.3) is 0 Å². The second kappa shape index (κ2) is 10.8. The Balaban J connectivity index is 0.00000155. The zero-order chi connectivity index (χ0) is 22.6. The lowest BCUT2D eigenvalue weighted by molar-refractivity contribution is -0.323. The number of piperidine rings is 1. The monoisotopic (exact) mass is 449 g/mol. The fourth-order valence-corrected chi connectivity index (χ4v) is 4.85. The summed E-state index contributed by atoms with van der Waals surface area (Å²) >= 11 is 0. The molecule has 2 saturated carbocycles. The molecule has 2 nitrogen and oxygen atoms in total. The van der Waals surface area contributed by atoms with Crippen molar-refractivity contribution in [1.82, 2.24) is 5.32 Å². The summed E-state index contributed by atoms with van der Waals surface area (Å²) in [6.45, 7) is 6.79. The Kier molecular flexibility index (Phi) is 9.28. The molecule has 0 radical (unpaired) electrons. The quantitative estimate of drug-likeness (QED) is 0.541. The molecule has 1 N–H and O–H groups in total. The van der Waals surface area contributed by atoms with Crippen LogP contribution in [0.5, 0.6) is 0 Å². The van der Waals surface area contributed by atoms with Crippen LogP contribution in [0.4, 0.5) is 30.7 Å². The average Bonchev–Trinajstić information content (AvgIpc) is 2.67. The molecule has 1 saturated heterocycles. The highest BCUT2D eigenvalue weighted by atomic mass is 19.3. The second-order valence-electron chi connectivity index (χ2n) is 8.74. The predicted molar refractivity (Wildman–Crippen MR) is 101 cm³/mol. The van der Waals surface area contributed by atoms with Gasteiger partial charge in [-0.25, -0.2) is 22.0 Å². The highest BCUT2D eigenvalue weighted by molar-refractivity contribution is 4.97. The van der Waals surface area contributed by atoms with Crippen LogP contribution < -0.4 is 5.32 Å². The largest absolute Gasteiger partial charge is 0.364 e. The molecule has 30 heavy (non-hydrogen) atoms. The van der Waals surface area contributed by atoms with Gasteiger partial charge in [-0.2, -0.15) is 8.78 Å². The Labute approximate surface area is 174 Å². The van der Waals surface area contributed by atoms with Gasteiger partial charge in [0.2, 0.25) is 0 Å². The van der Waals surface area contributed by atoms with Crippen LogP contribution in [0.3, 0.4) is 0 Å². The van der Waals surface area contributed by atoms with Gasteiger partial charge < -0.3 is 10.1 Å². The molecule has 6 unspecified atom stereocenters. The smallest absolute Gasteiger partial charge is 0.317 e. The molecule has 3 fully saturated rings. The van der Waals surface area contributed by atoms with Gasteiger partial charge in [0.15, 0.2) is 6.17 Å². The molecule has 0 bridgehead atoms. The van der Waals surface area contributed by atoms with E-state index in [1.165, 1.54) is 0 Å². The third-order valence-corrected chi connectivity index (χ3v) is 6.48. The molecule has 0 aromatic carbocycles. The first-order valence-electron chi connectivity index (χ1n) is 11.1. The summed E-state index contributed by atoms with van der Waals surface area (Å²) in [6.07, 6.45) is -17.3.